The Morgan fingerprint density at radius 1 is 1.09 bits per heavy atom. The molecule has 0 aliphatic rings. The lowest BCUT2D eigenvalue weighted by molar-refractivity contribution is -0.192. The van der Waals surface area contributed by atoms with Gasteiger partial charge in [-0.05, 0) is 13.8 Å². The highest BCUT2D eigenvalue weighted by Gasteiger charge is 1.96. The van der Waals surface area contributed by atoms with Gasteiger partial charge in [0.05, 0.1) is 25.4 Å². The van der Waals surface area contributed by atoms with E-state index in [4.69, 9.17) is 10.2 Å². The maximum Gasteiger partial charge on any atom is 0.0965 e. The molecule has 3 N–H and O–H groups in total. The molecular formula is C6H15NO4. The van der Waals surface area contributed by atoms with Gasteiger partial charge in [0.25, 0.3) is 0 Å². The SMILES string of the molecule is CC(O)CONOCC(C)O. The molecule has 0 radical (unpaired) electrons. The molecule has 0 saturated carbocycles. The Labute approximate surface area is 65.8 Å². The zero-order valence-electron chi connectivity index (χ0n) is 6.78. The molecule has 0 aliphatic carbocycles. The van der Waals surface area contributed by atoms with Crippen LogP contribution in [-0.4, -0.2) is 35.6 Å². The van der Waals surface area contributed by atoms with Crippen molar-refractivity contribution in [2.75, 3.05) is 13.2 Å². The average molecular weight is 165 g/mol. The first-order valence-electron chi connectivity index (χ1n) is 3.47. The summed E-state index contributed by atoms with van der Waals surface area (Å²) in [5, 5.41) is 17.4. The van der Waals surface area contributed by atoms with Crippen molar-refractivity contribution in [3.8, 4) is 0 Å². The molecular weight excluding hydrogens is 150 g/mol. The minimum atomic E-state index is -0.530. The number of hydrogen-bond acceptors (Lipinski definition) is 5. The molecule has 5 heteroatoms. The summed E-state index contributed by atoms with van der Waals surface area (Å²) in [6.07, 6.45) is -1.06. The van der Waals surface area contributed by atoms with Crippen LogP contribution < -0.4 is 5.64 Å². The van der Waals surface area contributed by atoms with Gasteiger partial charge >= 0.3 is 0 Å². The highest BCUT2D eigenvalue weighted by molar-refractivity contribution is 4.38. The zero-order valence-corrected chi connectivity index (χ0v) is 6.78. The Hall–Kier alpha value is -0.200. The smallest absolute Gasteiger partial charge is 0.0965 e. The van der Waals surface area contributed by atoms with Crippen molar-refractivity contribution >= 4 is 0 Å². The fraction of sp³-hybridized carbons (Fsp3) is 1.00. The lowest BCUT2D eigenvalue weighted by atomic mass is 10.5. The number of aliphatic hydroxyl groups excluding tert-OH is 2. The summed E-state index contributed by atoms with van der Waals surface area (Å²) in [4.78, 5) is 9.22. The number of hydrogen-bond donors (Lipinski definition) is 3. The van der Waals surface area contributed by atoms with E-state index in [1.54, 1.807) is 13.8 Å². The van der Waals surface area contributed by atoms with Crippen molar-refractivity contribution in [1.82, 2.24) is 5.64 Å². The van der Waals surface area contributed by atoms with Crippen molar-refractivity contribution in [1.29, 1.82) is 0 Å². The first kappa shape index (κ1) is 10.8. The van der Waals surface area contributed by atoms with E-state index in [-0.39, 0.29) is 13.2 Å². The van der Waals surface area contributed by atoms with Gasteiger partial charge in [0.15, 0.2) is 0 Å². The van der Waals surface area contributed by atoms with Crippen LogP contribution in [0.5, 0.6) is 0 Å². The summed E-state index contributed by atoms with van der Waals surface area (Å²) >= 11 is 0. The van der Waals surface area contributed by atoms with E-state index in [1.807, 2.05) is 0 Å². The van der Waals surface area contributed by atoms with Crippen molar-refractivity contribution in [3.63, 3.8) is 0 Å². The topological polar surface area (TPSA) is 71.0 Å². The summed E-state index contributed by atoms with van der Waals surface area (Å²) in [5.74, 6) is 0. The highest BCUT2D eigenvalue weighted by Crippen LogP contribution is 1.81. The maximum atomic E-state index is 8.69. The summed E-state index contributed by atoms with van der Waals surface area (Å²) < 4.78 is 0. The van der Waals surface area contributed by atoms with E-state index in [1.165, 1.54) is 0 Å². The molecule has 0 aromatic rings. The zero-order chi connectivity index (χ0) is 8.69. The third-order valence-corrected chi connectivity index (χ3v) is 0.767. The molecule has 2 unspecified atom stereocenters. The van der Waals surface area contributed by atoms with Gasteiger partial charge in [-0.3, -0.25) is 9.68 Å². The molecule has 11 heavy (non-hydrogen) atoms. The second-order valence-electron chi connectivity index (χ2n) is 2.40. The van der Waals surface area contributed by atoms with Gasteiger partial charge in [-0.25, -0.2) is 0 Å². The van der Waals surface area contributed by atoms with Crippen LogP contribution in [-0.2, 0) is 9.68 Å². The second-order valence-corrected chi connectivity index (χ2v) is 2.40. The first-order chi connectivity index (χ1) is 5.13. The Balaban J connectivity index is 2.91. The van der Waals surface area contributed by atoms with Gasteiger partial charge in [-0.2, -0.15) is 0 Å². The predicted octanol–water partition coefficient (Wildman–Crippen LogP) is -0.799. The van der Waals surface area contributed by atoms with Gasteiger partial charge in [-0.1, -0.05) is 5.64 Å². The Kier molecular flexibility index (Phi) is 6.39. The molecule has 0 aliphatic heterocycles. The van der Waals surface area contributed by atoms with Crippen molar-refractivity contribution in [2.24, 2.45) is 0 Å². The molecule has 0 amide bonds. The maximum absolute atomic E-state index is 8.69. The van der Waals surface area contributed by atoms with Crippen molar-refractivity contribution < 1.29 is 19.9 Å². The minimum absolute atomic E-state index is 0.153. The van der Waals surface area contributed by atoms with E-state index in [9.17, 15) is 0 Å². The third-order valence-electron chi connectivity index (χ3n) is 0.767. The van der Waals surface area contributed by atoms with E-state index in [0.717, 1.165) is 0 Å². The van der Waals surface area contributed by atoms with Crippen molar-refractivity contribution in [3.05, 3.63) is 0 Å². The van der Waals surface area contributed by atoms with Crippen LogP contribution in [0.25, 0.3) is 0 Å². The first-order valence-corrected chi connectivity index (χ1v) is 3.47. The van der Waals surface area contributed by atoms with Crippen LogP contribution >= 0.6 is 0 Å². The Bertz CT molecular complexity index is 76.7. The molecule has 5 nitrogen and oxygen atoms in total. The van der Waals surface area contributed by atoms with Crippen LogP contribution in [0.4, 0.5) is 0 Å². The molecule has 0 saturated heterocycles. The number of rotatable bonds is 6. The van der Waals surface area contributed by atoms with E-state index in [0.29, 0.717) is 0 Å². The number of nitrogens with one attached hydrogen (secondary N) is 1. The molecule has 0 aromatic heterocycles. The lowest BCUT2D eigenvalue weighted by Crippen LogP contribution is -2.24. The summed E-state index contributed by atoms with van der Waals surface area (Å²) in [5.41, 5.74) is 2.13. The highest BCUT2D eigenvalue weighted by atomic mass is 16.9. The monoisotopic (exact) mass is 165 g/mol. The van der Waals surface area contributed by atoms with Gasteiger partial charge < -0.3 is 10.2 Å². The minimum Gasteiger partial charge on any atom is -0.391 e. The molecule has 2 atom stereocenters. The van der Waals surface area contributed by atoms with Gasteiger partial charge in [0.1, 0.15) is 0 Å². The van der Waals surface area contributed by atoms with Crippen LogP contribution in [0.3, 0.4) is 0 Å². The lowest BCUT2D eigenvalue weighted by Gasteiger charge is -2.08. The summed E-state index contributed by atoms with van der Waals surface area (Å²) in [6.45, 7) is 3.49. The van der Waals surface area contributed by atoms with E-state index >= 15 is 0 Å². The second kappa shape index (κ2) is 6.51. The molecule has 0 heterocycles. The molecule has 68 valence electrons. The summed E-state index contributed by atoms with van der Waals surface area (Å²) in [6, 6.07) is 0. The van der Waals surface area contributed by atoms with Crippen molar-refractivity contribution in [2.45, 2.75) is 26.1 Å². The Morgan fingerprint density at radius 3 is 1.73 bits per heavy atom. The molecule has 0 spiro atoms. The normalized spacial score (nSPS) is 16.4. The van der Waals surface area contributed by atoms with E-state index in [2.05, 4.69) is 15.3 Å². The fourth-order valence-corrected chi connectivity index (χ4v) is 0.351. The Morgan fingerprint density at radius 2 is 1.45 bits per heavy atom. The third kappa shape index (κ3) is 9.80. The van der Waals surface area contributed by atoms with Crippen LogP contribution in [0, 0.1) is 0 Å². The average Bonchev–Trinajstić information content (AvgIpc) is 1.85. The summed E-state index contributed by atoms with van der Waals surface area (Å²) in [7, 11) is 0. The van der Waals surface area contributed by atoms with E-state index < -0.39 is 12.2 Å². The molecule has 0 rings (SSSR count). The van der Waals surface area contributed by atoms with Gasteiger partial charge in [0.2, 0.25) is 0 Å². The molecule has 0 aromatic carbocycles. The largest absolute Gasteiger partial charge is 0.391 e. The molecule has 0 bridgehead atoms. The van der Waals surface area contributed by atoms with Gasteiger partial charge in [-0.15, -0.1) is 0 Å². The quantitative estimate of drug-likeness (QED) is 0.355. The van der Waals surface area contributed by atoms with Crippen LogP contribution in [0.15, 0.2) is 0 Å². The molecule has 0 fully saturated rings. The van der Waals surface area contributed by atoms with Gasteiger partial charge in [0, 0.05) is 0 Å². The van der Waals surface area contributed by atoms with Crippen LogP contribution in [0.2, 0.25) is 0 Å². The fourth-order valence-electron chi connectivity index (χ4n) is 0.351. The van der Waals surface area contributed by atoms with Crippen LogP contribution in [0.1, 0.15) is 13.8 Å². The standard InChI is InChI=1S/C6H15NO4/c1-5(8)3-10-7-11-4-6(2)9/h5-9H,3-4H2,1-2H3. The number of aliphatic hydroxyl groups is 2. The predicted molar refractivity (Wildman–Crippen MR) is 38.4 cm³/mol.